The van der Waals surface area contributed by atoms with Crippen LogP contribution in [0, 0.1) is 5.92 Å². The van der Waals surface area contributed by atoms with Crippen LogP contribution in [0.2, 0.25) is 0 Å². The van der Waals surface area contributed by atoms with Crippen molar-refractivity contribution in [2.45, 2.75) is 32.1 Å². The summed E-state index contributed by atoms with van der Waals surface area (Å²) < 4.78 is 4.60. The van der Waals surface area contributed by atoms with Gasteiger partial charge in [-0.1, -0.05) is 19.3 Å². The van der Waals surface area contributed by atoms with Gasteiger partial charge in [0.05, 0.1) is 19.5 Å². The van der Waals surface area contributed by atoms with Gasteiger partial charge in [0.15, 0.2) is 5.69 Å². The van der Waals surface area contributed by atoms with Gasteiger partial charge in [0.2, 0.25) is 0 Å². The first-order valence-electron chi connectivity index (χ1n) is 6.82. The number of anilines is 1. The molecule has 1 aliphatic rings. The molecule has 5 heteroatoms. The predicted molar refractivity (Wildman–Crippen MR) is 73.2 cm³/mol. The lowest BCUT2D eigenvalue weighted by Gasteiger charge is -2.27. The van der Waals surface area contributed by atoms with Crippen LogP contribution in [0.3, 0.4) is 0 Å². The Kier molecular flexibility index (Phi) is 4.71. The Labute approximate surface area is 114 Å². The van der Waals surface area contributed by atoms with Crippen LogP contribution in [0.25, 0.3) is 0 Å². The third-order valence-electron chi connectivity index (χ3n) is 3.68. The van der Waals surface area contributed by atoms with Crippen LogP contribution in [0.5, 0.6) is 0 Å². The van der Waals surface area contributed by atoms with E-state index in [0.29, 0.717) is 0 Å². The van der Waals surface area contributed by atoms with Crippen molar-refractivity contribution in [3.63, 3.8) is 0 Å². The molecule has 1 fully saturated rings. The zero-order valence-corrected chi connectivity index (χ0v) is 11.6. The molecule has 1 aromatic heterocycles. The molecule has 1 aliphatic carbocycles. The lowest BCUT2D eigenvalue weighted by Crippen LogP contribution is -2.27. The number of hydrogen-bond acceptors (Lipinski definition) is 5. The standard InChI is InChI=1S/C14H21N3O2/c1-17(10-11-6-4-3-5-7-11)13-9-15-12(8-16-13)14(18)19-2/h8-9,11H,3-7,10H2,1-2H3. The molecule has 0 bridgehead atoms. The molecule has 104 valence electrons. The Balaban J connectivity index is 1.94. The predicted octanol–water partition coefficient (Wildman–Crippen LogP) is 2.28. The lowest BCUT2D eigenvalue weighted by atomic mass is 9.89. The Morgan fingerprint density at radius 1 is 1.32 bits per heavy atom. The van der Waals surface area contributed by atoms with Gasteiger partial charge in [-0.05, 0) is 18.8 Å². The molecule has 0 aromatic carbocycles. The Morgan fingerprint density at radius 2 is 2.05 bits per heavy atom. The second-order valence-corrected chi connectivity index (χ2v) is 5.14. The zero-order chi connectivity index (χ0) is 13.7. The number of methoxy groups -OCH3 is 1. The van der Waals surface area contributed by atoms with E-state index in [4.69, 9.17) is 0 Å². The smallest absolute Gasteiger partial charge is 0.358 e. The molecule has 1 aromatic rings. The highest BCUT2D eigenvalue weighted by atomic mass is 16.5. The van der Waals surface area contributed by atoms with Crippen molar-refractivity contribution in [2.24, 2.45) is 5.92 Å². The van der Waals surface area contributed by atoms with E-state index in [9.17, 15) is 4.79 Å². The molecule has 0 unspecified atom stereocenters. The molecule has 0 spiro atoms. The van der Waals surface area contributed by atoms with E-state index in [-0.39, 0.29) is 5.69 Å². The van der Waals surface area contributed by atoms with Crippen molar-refractivity contribution in [1.29, 1.82) is 0 Å². The molecule has 0 atom stereocenters. The van der Waals surface area contributed by atoms with Gasteiger partial charge in [0.1, 0.15) is 5.82 Å². The molecule has 1 heterocycles. The van der Waals surface area contributed by atoms with Gasteiger partial charge in [-0.25, -0.2) is 14.8 Å². The van der Waals surface area contributed by atoms with E-state index in [1.54, 1.807) is 6.20 Å². The maximum Gasteiger partial charge on any atom is 0.358 e. The molecular formula is C14H21N3O2. The van der Waals surface area contributed by atoms with Crippen molar-refractivity contribution in [3.8, 4) is 0 Å². The molecule has 0 N–H and O–H groups in total. The van der Waals surface area contributed by atoms with Crippen LogP contribution in [-0.2, 0) is 4.74 Å². The molecule has 0 saturated heterocycles. The fraction of sp³-hybridized carbons (Fsp3) is 0.643. The summed E-state index contributed by atoms with van der Waals surface area (Å²) in [5, 5.41) is 0. The molecular weight excluding hydrogens is 242 g/mol. The molecule has 1 saturated carbocycles. The van der Waals surface area contributed by atoms with E-state index in [0.717, 1.165) is 18.3 Å². The van der Waals surface area contributed by atoms with Gasteiger partial charge >= 0.3 is 5.97 Å². The maximum absolute atomic E-state index is 11.3. The Bertz CT molecular complexity index is 413. The van der Waals surface area contributed by atoms with Crippen LogP contribution in [0.15, 0.2) is 12.4 Å². The number of aromatic nitrogens is 2. The van der Waals surface area contributed by atoms with Gasteiger partial charge in [0.25, 0.3) is 0 Å². The fourth-order valence-corrected chi connectivity index (χ4v) is 2.58. The highest BCUT2D eigenvalue weighted by Gasteiger charge is 2.16. The molecule has 5 nitrogen and oxygen atoms in total. The quantitative estimate of drug-likeness (QED) is 0.780. The van der Waals surface area contributed by atoms with E-state index in [1.807, 2.05) is 7.05 Å². The number of ether oxygens (including phenoxy) is 1. The second kappa shape index (κ2) is 6.50. The van der Waals surface area contributed by atoms with Crippen molar-refractivity contribution in [2.75, 3.05) is 25.6 Å². The third kappa shape index (κ3) is 3.66. The van der Waals surface area contributed by atoms with Crippen LogP contribution in [0.4, 0.5) is 5.82 Å². The topological polar surface area (TPSA) is 55.3 Å². The average molecular weight is 263 g/mol. The summed E-state index contributed by atoms with van der Waals surface area (Å²) in [7, 11) is 3.36. The van der Waals surface area contributed by atoms with Crippen molar-refractivity contribution in [3.05, 3.63) is 18.1 Å². The number of carbonyl (C=O) groups is 1. The molecule has 19 heavy (non-hydrogen) atoms. The van der Waals surface area contributed by atoms with Gasteiger partial charge in [-0.2, -0.15) is 0 Å². The molecule has 0 radical (unpaired) electrons. The average Bonchev–Trinajstić information content (AvgIpc) is 2.47. The summed E-state index contributed by atoms with van der Waals surface area (Å²) in [5.74, 6) is 1.10. The summed E-state index contributed by atoms with van der Waals surface area (Å²) >= 11 is 0. The van der Waals surface area contributed by atoms with Gasteiger partial charge in [-0.15, -0.1) is 0 Å². The number of nitrogens with zero attached hydrogens (tertiary/aromatic N) is 3. The molecule has 2 rings (SSSR count). The minimum absolute atomic E-state index is 0.248. The van der Waals surface area contributed by atoms with Gasteiger partial charge in [0, 0.05) is 13.6 Å². The Hall–Kier alpha value is -1.65. The van der Waals surface area contributed by atoms with Crippen molar-refractivity contribution < 1.29 is 9.53 Å². The van der Waals surface area contributed by atoms with Gasteiger partial charge < -0.3 is 9.64 Å². The van der Waals surface area contributed by atoms with Crippen molar-refractivity contribution in [1.82, 2.24) is 9.97 Å². The first-order chi connectivity index (χ1) is 9.20. The number of carbonyl (C=O) groups excluding carboxylic acids is 1. The van der Waals surface area contributed by atoms with Crippen LogP contribution < -0.4 is 4.90 Å². The summed E-state index contributed by atoms with van der Waals surface area (Å²) in [6.45, 7) is 1.01. The minimum atomic E-state index is -0.450. The maximum atomic E-state index is 11.3. The number of esters is 1. The fourth-order valence-electron chi connectivity index (χ4n) is 2.58. The summed E-state index contributed by atoms with van der Waals surface area (Å²) in [6, 6.07) is 0. The first kappa shape index (κ1) is 13.8. The second-order valence-electron chi connectivity index (χ2n) is 5.14. The highest BCUT2D eigenvalue weighted by Crippen LogP contribution is 2.25. The normalized spacial score (nSPS) is 16.1. The first-order valence-corrected chi connectivity index (χ1v) is 6.82. The largest absolute Gasteiger partial charge is 0.464 e. The van der Waals surface area contributed by atoms with Crippen LogP contribution in [-0.4, -0.2) is 36.6 Å². The van der Waals surface area contributed by atoms with E-state index >= 15 is 0 Å². The zero-order valence-electron chi connectivity index (χ0n) is 11.6. The highest BCUT2D eigenvalue weighted by molar-refractivity contribution is 5.86. The van der Waals surface area contributed by atoms with Gasteiger partial charge in [-0.3, -0.25) is 0 Å². The number of rotatable bonds is 4. The minimum Gasteiger partial charge on any atom is -0.464 e. The summed E-state index contributed by atoms with van der Waals surface area (Å²) in [6.07, 6.45) is 9.76. The molecule has 0 amide bonds. The van der Waals surface area contributed by atoms with Crippen LogP contribution in [0.1, 0.15) is 42.6 Å². The monoisotopic (exact) mass is 263 g/mol. The lowest BCUT2D eigenvalue weighted by molar-refractivity contribution is 0.0593. The summed E-state index contributed by atoms with van der Waals surface area (Å²) in [5.41, 5.74) is 0.248. The summed E-state index contributed by atoms with van der Waals surface area (Å²) in [4.78, 5) is 21.7. The number of hydrogen-bond donors (Lipinski definition) is 0. The van der Waals surface area contributed by atoms with E-state index in [2.05, 4.69) is 19.6 Å². The Morgan fingerprint density at radius 3 is 2.63 bits per heavy atom. The SMILES string of the molecule is COC(=O)c1cnc(N(C)CC2CCCCC2)cn1. The molecule has 0 aliphatic heterocycles. The van der Waals surface area contributed by atoms with E-state index < -0.39 is 5.97 Å². The van der Waals surface area contributed by atoms with Crippen LogP contribution >= 0.6 is 0 Å². The van der Waals surface area contributed by atoms with Crippen molar-refractivity contribution >= 4 is 11.8 Å². The van der Waals surface area contributed by atoms with E-state index in [1.165, 1.54) is 45.4 Å². The third-order valence-corrected chi connectivity index (χ3v) is 3.68.